The van der Waals surface area contributed by atoms with Gasteiger partial charge in [0.15, 0.2) is 11.7 Å². The Morgan fingerprint density at radius 3 is 2.68 bits per heavy atom. The molecule has 0 spiro atoms. The molecule has 0 saturated carbocycles. The molecule has 1 amide bonds. The van der Waals surface area contributed by atoms with Gasteiger partial charge in [-0.2, -0.15) is 0 Å². The molecule has 2 atom stereocenters. The van der Waals surface area contributed by atoms with E-state index in [1.54, 1.807) is 6.26 Å². The summed E-state index contributed by atoms with van der Waals surface area (Å²) in [4.78, 5) is 12.7. The average Bonchev–Trinajstić information content (AvgIpc) is 3.33. The summed E-state index contributed by atoms with van der Waals surface area (Å²) < 4.78 is 11.1. The molecule has 0 fully saturated rings. The number of allylic oxidation sites excluding steroid dienone is 1. The first-order valence-corrected chi connectivity index (χ1v) is 10.6. The summed E-state index contributed by atoms with van der Waals surface area (Å²) in [5.41, 5.74) is 2.20. The van der Waals surface area contributed by atoms with Gasteiger partial charge in [-0.05, 0) is 59.9 Å². The number of carbonyl (C=O) groups is 1. The molecule has 160 valence electrons. The second-order valence-corrected chi connectivity index (χ2v) is 7.79. The zero-order chi connectivity index (χ0) is 21.8. The molecular weight excluding hydrogens is 390 g/mol. The smallest absolute Gasteiger partial charge is 0.257 e. The molecule has 2 heterocycles. The number of fused-ring (bicyclic) bond motifs is 1. The normalized spacial score (nSPS) is 20.9. The number of anilines is 1. The lowest BCUT2D eigenvalue weighted by Crippen LogP contribution is -2.52. The standard InChI is InChI=1S/C26H27NO4/c1-3-4-9-19(23-12-8-15-31-23)16-18-13-14-22-21(17-18)26(29,20-10-6-5-7-11-20)24(30-2)25(28)27-22/h5-8,10-17,24,29H,3-4,9H2,1-2H3,(H,27,28). The molecule has 1 aromatic heterocycles. The first-order valence-electron chi connectivity index (χ1n) is 10.6. The molecule has 2 aromatic carbocycles. The maximum Gasteiger partial charge on any atom is 0.257 e. The number of amides is 1. The highest BCUT2D eigenvalue weighted by Gasteiger charge is 2.49. The number of methoxy groups -OCH3 is 1. The van der Waals surface area contributed by atoms with Gasteiger partial charge < -0.3 is 19.6 Å². The Bertz CT molecular complexity index is 1070. The van der Waals surface area contributed by atoms with Crippen molar-refractivity contribution in [1.29, 1.82) is 0 Å². The minimum Gasteiger partial charge on any atom is -0.465 e. The molecular formula is C26H27NO4. The van der Waals surface area contributed by atoms with Crippen LogP contribution in [0.25, 0.3) is 11.6 Å². The number of furan rings is 1. The predicted octanol–water partition coefficient (Wildman–Crippen LogP) is 5.21. The molecule has 0 saturated heterocycles. The molecule has 31 heavy (non-hydrogen) atoms. The van der Waals surface area contributed by atoms with Crippen LogP contribution in [0.2, 0.25) is 0 Å². The van der Waals surface area contributed by atoms with E-state index in [-0.39, 0.29) is 5.91 Å². The van der Waals surface area contributed by atoms with Crippen LogP contribution < -0.4 is 5.32 Å². The second kappa shape index (κ2) is 8.92. The SMILES string of the molecule is CCCCC(=Cc1ccc2c(c1)C(O)(c1ccccc1)C(OC)C(=O)N2)c1ccco1. The van der Waals surface area contributed by atoms with Crippen LogP contribution in [-0.4, -0.2) is 24.2 Å². The van der Waals surface area contributed by atoms with E-state index in [1.807, 2.05) is 60.7 Å². The maximum absolute atomic E-state index is 12.7. The van der Waals surface area contributed by atoms with Gasteiger partial charge in [0.1, 0.15) is 5.76 Å². The molecule has 4 rings (SSSR count). The van der Waals surface area contributed by atoms with E-state index in [0.29, 0.717) is 16.8 Å². The van der Waals surface area contributed by atoms with E-state index in [9.17, 15) is 9.90 Å². The fourth-order valence-corrected chi connectivity index (χ4v) is 4.18. The number of unbranched alkanes of at least 4 members (excludes halogenated alkanes) is 1. The lowest BCUT2D eigenvalue weighted by Gasteiger charge is -2.40. The third-order valence-electron chi connectivity index (χ3n) is 5.76. The van der Waals surface area contributed by atoms with Gasteiger partial charge in [0.05, 0.1) is 6.26 Å². The molecule has 0 radical (unpaired) electrons. The first kappa shape index (κ1) is 21.1. The van der Waals surface area contributed by atoms with Crippen molar-refractivity contribution >= 4 is 23.2 Å². The van der Waals surface area contributed by atoms with Gasteiger partial charge in [0.25, 0.3) is 5.91 Å². The second-order valence-electron chi connectivity index (χ2n) is 7.79. The van der Waals surface area contributed by atoms with Crippen LogP contribution in [0, 0.1) is 0 Å². The number of rotatable bonds is 7. The van der Waals surface area contributed by atoms with Gasteiger partial charge >= 0.3 is 0 Å². The van der Waals surface area contributed by atoms with Crippen molar-refractivity contribution in [3.05, 3.63) is 89.4 Å². The molecule has 3 aromatic rings. The topological polar surface area (TPSA) is 71.7 Å². The van der Waals surface area contributed by atoms with Gasteiger partial charge in [0.2, 0.25) is 0 Å². The van der Waals surface area contributed by atoms with E-state index >= 15 is 0 Å². The van der Waals surface area contributed by atoms with Crippen molar-refractivity contribution in [3.63, 3.8) is 0 Å². The Labute approximate surface area is 182 Å². The van der Waals surface area contributed by atoms with Crippen LogP contribution in [-0.2, 0) is 15.1 Å². The summed E-state index contributed by atoms with van der Waals surface area (Å²) in [6, 6.07) is 18.7. The van der Waals surface area contributed by atoms with Crippen LogP contribution in [0.1, 0.15) is 48.6 Å². The van der Waals surface area contributed by atoms with Crippen molar-refractivity contribution in [2.45, 2.75) is 37.9 Å². The van der Waals surface area contributed by atoms with Crippen LogP contribution in [0.4, 0.5) is 5.69 Å². The number of hydrogen-bond donors (Lipinski definition) is 2. The molecule has 2 N–H and O–H groups in total. The summed E-state index contributed by atoms with van der Waals surface area (Å²) in [5, 5.41) is 14.7. The van der Waals surface area contributed by atoms with E-state index < -0.39 is 11.7 Å². The quantitative estimate of drug-likeness (QED) is 0.553. The van der Waals surface area contributed by atoms with E-state index in [2.05, 4.69) is 18.3 Å². The fourth-order valence-electron chi connectivity index (χ4n) is 4.18. The molecule has 2 unspecified atom stereocenters. The summed E-state index contributed by atoms with van der Waals surface area (Å²) in [6.07, 6.45) is 5.71. The third-order valence-corrected chi connectivity index (χ3v) is 5.76. The van der Waals surface area contributed by atoms with Gasteiger partial charge in [-0.15, -0.1) is 0 Å². The zero-order valence-electron chi connectivity index (χ0n) is 17.8. The number of aliphatic hydroxyl groups is 1. The summed E-state index contributed by atoms with van der Waals surface area (Å²) in [7, 11) is 1.44. The Morgan fingerprint density at radius 1 is 1.19 bits per heavy atom. The number of benzene rings is 2. The van der Waals surface area contributed by atoms with Gasteiger partial charge in [0, 0.05) is 18.4 Å². The van der Waals surface area contributed by atoms with Crippen molar-refractivity contribution in [2.75, 3.05) is 12.4 Å². The first-order chi connectivity index (χ1) is 15.1. The Balaban J connectivity index is 1.84. The monoisotopic (exact) mass is 417 g/mol. The van der Waals surface area contributed by atoms with E-state index in [0.717, 1.165) is 36.2 Å². The highest BCUT2D eigenvalue weighted by atomic mass is 16.5. The van der Waals surface area contributed by atoms with Crippen molar-refractivity contribution in [2.24, 2.45) is 0 Å². The van der Waals surface area contributed by atoms with Gasteiger partial charge in [-0.1, -0.05) is 49.7 Å². The van der Waals surface area contributed by atoms with Crippen LogP contribution in [0.3, 0.4) is 0 Å². The van der Waals surface area contributed by atoms with Gasteiger partial charge in [-0.3, -0.25) is 4.79 Å². The largest absolute Gasteiger partial charge is 0.465 e. The summed E-state index contributed by atoms with van der Waals surface area (Å²) >= 11 is 0. The Kier molecular flexibility index (Phi) is 6.07. The van der Waals surface area contributed by atoms with E-state index in [4.69, 9.17) is 9.15 Å². The molecule has 1 aliphatic heterocycles. The third kappa shape index (κ3) is 3.94. The molecule has 0 bridgehead atoms. The summed E-state index contributed by atoms with van der Waals surface area (Å²) in [6.45, 7) is 2.16. The van der Waals surface area contributed by atoms with Crippen LogP contribution in [0.5, 0.6) is 0 Å². The Morgan fingerprint density at radius 2 is 2.00 bits per heavy atom. The highest BCUT2D eigenvalue weighted by Crippen LogP contribution is 2.43. The minimum absolute atomic E-state index is 0.371. The lowest BCUT2D eigenvalue weighted by atomic mass is 9.77. The molecule has 5 nitrogen and oxygen atoms in total. The van der Waals surface area contributed by atoms with E-state index in [1.165, 1.54) is 7.11 Å². The maximum atomic E-state index is 12.7. The number of ether oxygens (including phenoxy) is 1. The average molecular weight is 418 g/mol. The summed E-state index contributed by atoms with van der Waals surface area (Å²) in [5.74, 6) is 0.469. The zero-order valence-corrected chi connectivity index (χ0v) is 17.8. The van der Waals surface area contributed by atoms with Crippen LogP contribution in [0.15, 0.2) is 71.3 Å². The van der Waals surface area contributed by atoms with Crippen LogP contribution >= 0.6 is 0 Å². The number of hydrogen-bond acceptors (Lipinski definition) is 4. The van der Waals surface area contributed by atoms with Gasteiger partial charge in [-0.25, -0.2) is 0 Å². The Hall–Kier alpha value is -3.15. The van der Waals surface area contributed by atoms with Crippen molar-refractivity contribution < 1.29 is 19.1 Å². The van der Waals surface area contributed by atoms with Crippen molar-refractivity contribution in [1.82, 2.24) is 0 Å². The molecule has 1 aliphatic rings. The highest BCUT2D eigenvalue weighted by molar-refractivity contribution is 6.00. The lowest BCUT2D eigenvalue weighted by molar-refractivity contribution is -0.142. The van der Waals surface area contributed by atoms with Crippen molar-refractivity contribution in [3.8, 4) is 0 Å². The fraction of sp³-hybridized carbons (Fsp3) is 0.269. The molecule has 5 heteroatoms. The number of carbonyl (C=O) groups excluding carboxylic acids is 1. The minimum atomic E-state index is -1.61. The number of nitrogens with one attached hydrogen (secondary N) is 1. The molecule has 0 aliphatic carbocycles. The predicted molar refractivity (Wildman–Crippen MR) is 121 cm³/mol.